The summed E-state index contributed by atoms with van der Waals surface area (Å²) in [6.45, 7) is 10.4. The Hall–Kier alpha value is -3.92. The quantitative estimate of drug-likeness (QED) is 0.527. The van der Waals surface area contributed by atoms with Crippen LogP contribution in [0.25, 0.3) is 10.9 Å². The molecule has 1 fully saturated rings. The third kappa shape index (κ3) is 5.59. The third-order valence-corrected chi connectivity index (χ3v) is 6.41. The molecule has 0 radical (unpaired) electrons. The Morgan fingerprint density at radius 3 is 2.35 bits per heavy atom. The number of hydrogen-bond acceptors (Lipinski definition) is 6. The first kappa shape index (κ1) is 26.2. The van der Waals surface area contributed by atoms with Crippen molar-refractivity contribution in [3.63, 3.8) is 0 Å². The topological polar surface area (TPSA) is 108 Å². The molecule has 0 saturated carbocycles. The highest BCUT2D eigenvalue weighted by Gasteiger charge is 2.25. The molecule has 0 unspecified atom stereocenters. The van der Waals surface area contributed by atoms with Gasteiger partial charge in [-0.1, -0.05) is 0 Å². The van der Waals surface area contributed by atoms with E-state index in [-0.39, 0.29) is 16.9 Å². The van der Waals surface area contributed by atoms with E-state index >= 15 is 4.39 Å². The van der Waals surface area contributed by atoms with Crippen LogP contribution in [0.2, 0.25) is 0 Å². The molecular formula is C27H30FN5O4. The molecule has 3 heterocycles. The van der Waals surface area contributed by atoms with Gasteiger partial charge in [-0.3, -0.25) is 19.5 Å². The van der Waals surface area contributed by atoms with Crippen molar-refractivity contribution in [2.45, 2.75) is 33.2 Å². The summed E-state index contributed by atoms with van der Waals surface area (Å²) in [6, 6.07) is 6.03. The lowest BCUT2D eigenvalue weighted by Crippen LogP contribution is -2.48. The number of aromatic nitrogens is 2. The first-order chi connectivity index (χ1) is 17.5. The lowest BCUT2D eigenvalue weighted by Gasteiger charge is -2.36. The molecule has 0 spiro atoms. The summed E-state index contributed by atoms with van der Waals surface area (Å²) in [6.07, 6.45) is 4.44. The number of piperazine rings is 1. The van der Waals surface area contributed by atoms with Crippen LogP contribution in [0.15, 0.2) is 52.6 Å². The van der Waals surface area contributed by atoms with E-state index in [4.69, 9.17) is 0 Å². The lowest BCUT2D eigenvalue weighted by atomic mass is 10.0. The van der Waals surface area contributed by atoms with Gasteiger partial charge in [0.15, 0.2) is 0 Å². The van der Waals surface area contributed by atoms with E-state index in [2.05, 4.69) is 14.9 Å². The van der Waals surface area contributed by atoms with E-state index in [1.165, 1.54) is 6.20 Å². The Morgan fingerprint density at radius 2 is 1.76 bits per heavy atom. The highest BCUT2D eigenvalue weighted by molar-refractivity contribution is 6.03. The lowest BCUT2D eigenvalue weighted by molar-refractivity contribution is 0.0694. The van der Waals surface area contributed by atoms with Crippen molar-refractivity contribution in [3.8, 4) is 0 Å². The van der Waals surface area contributed by atoms with Crippen LogP contribution in [0, 0.1) is 5.82 Å². The molecular weight excluding hydrogens is 477 g/mol. The fourth-order valence-electron chi connectivity index (χ4n) is 4.52. The number of carbonyl (C=O) groups is 2. The van der Waals surface area contributed by atoms with Crippen LogP contribution in [0.1, 0.15) is 48.4 Å². The zero-order valence-electron chi connectivity index (χ0n) is 21.4. The standard InChI is InChI=1S/C27H30FN5O4/c1-17(30-25(35)18-5-7-29-8-6-18)15-31-9-11-32(12-10-31)23-14-22-19(13-21(23)28)24(34)20(26(36)37)16-33(22)27(2,3)4/h5-8,13-14,16H,9-12,15H2,1-4H3,(H,36,37). The summed E-state index contributed by atoms with van der Waals surface area (Å²) in [5, 5.41) is 9.53. The Balaban J connectivity index is 1.54. The zero-order chi connectivity index (χ0) is 26.9. The molecule has 0 bridgehead atoms. The molecule has 9 nitrogen and oxygen atoms in total. The van der Waals surface area contributed by atoms with Gasteiger partial charge in [0.25, 0.3) is 5.91 Å². The molecule has 4 rings (SSSR count). The molecule has 194 valence electrons. The average molecular weight is 508 g/mol. The second kappa shape index (κ2) is 10.2. The van der Waals surface area contributed by atoms with E-state index in [1.807, 2.05) is 32.6 Å². The van der Waals surface area contributed by atoms with Crippen molar-refractivity contribution in [1.29, 1.82) is 0 Å². The van der Waals surface area contributed by atoms with Crippen LogP contribution in [0.5, 0.6) is 0 Å². The molecule has 1 aliphatic rings. The molecule has 1 N–H and O–H groups in total. The fraction of sp³-hybridized carbons (Fsp3) is 0.370. The summed E-state index contributed by atoms with van der Waals surface area (Å²) in [5.41, 5.74) is 0.404. The van der Waals surface area contributed by atoms with Gasteiger partial charge in [0.05, 0.1) is 11.2 Å². The maximum atomic E-state index is 15.2. The van der Waals surface area contributed by atoms with Crippen LogP contribution in [0.3, 0.4) is 0 Å². The largest absolute Gasteiger partial charge is 0.477 e. The van der Waals surface area contributed by atoms with Crippen molar-refractivity contribution < 1.29 is 19.1 Å². The Morgan fingerprint density at radius 1 is 1.11 bits per heavy atom. The number of carboxylic acid groups (broad SMARTS) is 1. The number of pyridine rings is 2. The molecule has 0 atom stereocenters. The number of fused-ring (bicyclic) bond motifs is 1. The summed E-state index contributed by atoms with van der Waals surface area (Å²) in [4.78, 5) is 48.9. The normalized spacial score (nSPS) is 15.3. The molecule has 3 aromatic rings. The molecule has 1 aliphatic heterocycles. The molecule has 1 amide bonds. The van der Waals surface area contributed by atoms with Crippen LogP contribution >= 0.6 is 0 Å². The smallest absolute Gasteiger partial charge is 0.341 e. The SMILES string of the molecule is CC(CN1CCN(c2cc3c(cc2F)c(=O)c(C(=O)O)cn3C(C)(C)C)CC1)=NC(=O)c1ccncc1. The van der Waals surface area contributed by atoms with Crippen molar-refractivity contribution in [1.82, 2.24) is 14.5 Å². The predicted molar refractivity (Wildman–Crippen MR) is 140 cm³/mol. The Kier molecular flexibility index (Phi) is 7.22. The summed E-state index contributed by atoms with van der Waals surface area (Å²) < 4.78 is 17.0. The third-order valence-electron chi connectivity index (χ3n) is 6.41. The molecule has 1 saturated heterocycles. The van der Waals surface area contributed by atoms with Gasteiger partial charge in [-0.05, 0) is 52.0 Å². The van der Waals surface area contributed by atoms with Crippen molar-refractivity contribution in [3.05, 3.63) is 70.0 Å². The minimum atomic E-state index is -1.34. The van der Waals surface area contributed by atoms with Gasteiger partial charge < -0.3 is 14.6 Å². The molecule has 37 heavy (non-hydrogen) atoms. The average Bonchev–Trinajstić information content (AvgIpc) is 2.84. The van der Waals surface area contributed by atoms with Crippen LogP contribution in [0.4, 0.5) is 10.1 Å². The summed E-state index contributed by atoms with van der Waals surface area (Å²) in [7, 11) is 0. The molecule has 10 heteroatoms. The van der Waals surface area contributed by atoms with Gasteiger partial charge >= 0.3 is 5.97 Å². The molecule has 0 aliphatic carbocycles. The number of hydrogen-bond donors (Lipinski definition) is 1. The predicted octanol–water partition coefficient (Wildman–Crippen LogP) is 3.41. The number of amides is 1. The molecule has 1 aromatic carbocycles. The number of halogens is 1. The number of aliphatic imine (C=N–C) groups is 1. The van der Waals surface area contributed by atoms with Gasteiger partial charge in [0.2, 0.25) is 5.43 Å². The van der Waals surface area contributed by atoms with E-state index < -0.39 is 22.8 Å². The second-order valence-corrected chi connectivity index (χ2v) is 10.2. The van der Waals surface area contributed by atoms with Crippen LogP contribution in [-0.4, -0.2) is 69.9 Å². The number of rotatable bonds is 5. The van der Waals surface area contributed by atoms with Gasteiger partial charge in [0, 0.05) is 73.5 Å². The van der Waals surface area contributed by atoms with Crippen LogP contribution in [-0.2, 0) is 5.54 Å². The Bertz CT molecular complexity index is 1440. The van der Waals surface area contributed by atoms with Crippen molar-refractivity contribution in [2.24, 2.45) is 4.99 Å². The maximum absolute atomic E-state index is 15.2. The van der Waals surface area contributed by atoms with Gasteiger partial charge in [-0.15, -0.1) is 0 Å². The highest BCUT2D eigenvalue weighted by Crippen LogP contribution is 2.29. The van der Waals surface area contributed by atoms with Gasteiger partial charge in [0.1, 0.15) is 11.4 Å². The zero-order valence-corrected chi connectivity index (χ0v) is 21.4. The number of nitrogens with zero attached hydrogens (tertiary/aromatic N) is 5. The van der Waals surface area contributed by atoms with E-state index in [1.54, 1.807) is 35.2 Å². The minimum Gasteiger partial charge on any atom is -0.477 e. The number of carbonyl (C=O) groups excluding carboxylic acids is 1. The molecule has 2 aromatic heterocycles. The van der Waals surface area contributed by atoms with Crippen molar-refractivity contribution in [2.75, 3.05) is 37.6 Å². The van der Waals surface area contributed by atoms with E-state index in [0.29, 0.717) is 55.2 Å². The summed E-state index contributed by atoms with van der Waals surface area (Å²) >= 11 is 0. The monoisotopic (exact) mass is 507 g/mol. The summed E-state index contributed by atoms with van der Waals surface area (Å²) in [5.74, 6) is -2.22. The van der Waals surface area contributed by atoms with E-state index in [9.17, 15) is 19.5 Å². The number of benzene rings is 1. The number of aromatic carboxylic acids is 1. The van der Waals surface area contributed by atoms with Crippen LogP contribution < -0.4 is 10.3 Å². The Labute approximate surface area is 213 Å². The fourth-order valence-corrected chi connectivity index (χ4v) is 4.52. The first-order valence-electron chi connectivity index (χ1n) is 12.0. The minimum absolute atomic E-state index is 0.0420. The van der Waals surface area contributed by atoms with Gasteiger partial charge in [-0.25, -0.2) is 14.2 Å². The van der Waals surface area contributed by atoms with E-state index in [0.717, 1.165) is 6.07 Å². The van der Waals surface area contributed by atoms with Gasteiger partial charge in [-0.2, -0.15) is 0 Å². The highest BCUT2D eigenvalue weighted by atomic mass is 19.1. The number of anilines is 1. The first-order valence-corrected chi connectivity index (χ1v) is 12.0. The maximum Gasteiger partial charge on any atom is 0.341 e. The second-order valence-electron chi connectivity index (χ2n) is 10.2. The van der Waals surface area contributed by atoms with Crippen molar-refractivity contribution >= 4 is 34.2 Å². The number of carboxylic acids is 1.